The van der Waals surface area contributed by atoms with E-state index in [4.69, 9.17) is 0 Å². The second kappa shape index (κ2) is 8.01. The molecule has 1 aliphatic heterocycles. The molecule has 0 bridgehead atoms. The Morgan fingerprint density at radius 3 is 2.72 bits per heavy atom. The minimum Gasteiger partial charge on any atom is -0.356 e. The van der Waals surface area contributed by atoms with E-state index in [-0.39, 0.29) is 6.03 Å². The second-order valence-electron chi connectivity index (χ2n) is 6.59. The van der Waals surface area contributed by atoms with Crippen molar-refractivity contribution in [3.8, 4) is 0 Å². The molecule has 0 saturated carbocycles. The standard InChI is InChI=1S/C20H26N4O/c1-15-8-6-10-18(16(15)2)23-20(25)22-14-17-9-7-11-21-19(17)24-12-4-3-5-13-24/h6-11H,3-5,12-14H2,1-2H3,(H2,22,23,25). The van der Waals surface area contributed by atoms with Crippen LogP contribution < -0.4 is 15.5 Å². The number of anilines is 2. The first-order valence-corrected chi connectivity index (χ1v) is 8.95. The Morgan fingerprint density at radius 2 is 1.92 bits per heavy atom. The molecule has 2 amide bonds. The van der Waals surface area contributed by atoms with Crippen LogP contribution in [-0.2, 0) is 6.54 Å². The van der Waals surface area contributed by atoms with Crippen molar-refractivity contribution in [2.24, 2.45) is 0 Å². The zero-order valence-corrected chi connectivity index (χ0v) is 15.0. The Kier molecular flexibility index (Phi) is 5.53. The van der Waals surface area contributed by atoms with Gasteiger partial charge >= 0.3 is 6.03 Å². The molecule has 1 aromatic carbocycles. The van der Waals surface area contributed by atoms with Crippen molar-refractivity contribution < 1.29 is 4.79 Å². The fourth-order valence-electron chi connectivity index (χ4n) is 3.19. The molecule has 2 heterocycles. The number of benzene rings is 1. The summed E-state index contributed by atoms with van der Waals surface area (Å²) in [6.07, 6.45) is 5.52. The summed E-state index contributed by atoms with van der Waals surface area (Å²) in [4.78, 5) is 19.1. The van der Waals surface area contributed by atoms with Gasteiger partial charge in [-0.2, -0.15) is 0 Å². The highest BCUT2D eigenvalue weighted by molar-refractivity contribution is 5.90. The topological polar surface area (TPSA) is 57.3 Å². The third-order valence-corrected chi connectivity index (χ3v) is 4.82. The maximum Gasteiger partial charge on any atom is 0.319 e. The maximum atomic E-state index is 12.3. The van der Waals surface area contributed by atoms with Gasteiger partial charge in [0.15, 0.2) is 0 Å². The van der Waals surface area contributed by atoms with Crippen molar-refractivity contribution >= 4 is 17.5 Å². The number of carbonyl (C=O) groups is 1. The highest BCUT2D eigenvalue weighted by Crippen LogP contribution is 2.22. The van der Waals surface area contributed by atoms with Crippen LogP contribution >= 0.6 is 0 Å². The lowest BCUT2D eigenvalue weighted by Gasteiger charge is -2.29. The van der Waals surface area contributed by atoms with Gasteiger partial charge in [-0.05, 0) is 56.4 Å². The van der Waals surface area contributed by atoms with Gasteiger partial charge in [-0.25, -0.2) is 9.78 Å². The van der Waals surface area contributed by atoms with Crippen molar-refractivity contribution in [1.29, 1.82) is 0 Å². The van der Waals surface area contributed by atoms with Crippen LogP contribution in [0.3, 0.4) is 0 Å². The molecule has 132 valence electrons. The summed E-state index contributed by atoms with van der Waals surface area (Å²) in [5.41, 5.74) is 4.16. The summed E-state index contributed by atoms with van der Waals surface area (Å²) in [5.74, 6) is 0.995. The van der Waals surface area contributed by atoms with Crippen molar-refractivity contribution in [3.63, 3.8) is 0 Å². The van der Waals surface area contributed by atoms with Gasteiger partial charge in [-0.1, -0.05) is 18.2 Å². The summed E-state index contributed by atoms with van der Waals surface area (Å²) in [7, 11) is 0. The van der Waals surface area contributed by atoms with Crippen LogP contribution in [0, 0.1) is 13.8 Å². The van der Waals surface area contributed by atoms with Gasteiger partial charge in [-0.15, -0.1) is 0 Å². The molecule has 0 unspecified atom stereocenters. The average Bonchev–Trinajstić information content (AvgIpc) is 2.65. The van der Waals surface area contributed by atoms with E-state index in [0.717, 1.165) is 41.3 Å². The lowest BCUT2D eigenvalue weighted by atomic mass is 10.1. The number of amides is 2. The van der Waals surface area contributed by atoms with Gasteiger partial charge in [0, 0.05) is 37.1 Å². The van der Waals surface area contributed by atoms with Gasteiger partial charge in [0.25, 0.3) is 0 Å². The molecule has 3 rings (SSSR count). The van der Waals surface area contributed by atoms with Gasteiger partial charge in [-0.3, -0.25) is 0 Å². The van der Waals surface area contributed by atoms with Gasteiger partial charge in [0.1, 0.15) is 5.82 Å². The summed E-state index contributed by atoms with van der Waals surface area (Å²) in [5, 5.41) is 5.89. The Balaban J connectivity index is 1.63. The zero-order chi connectivity index (χ0) is 17.6. The van der Waals surface area contributed by atoms with Crippen LogP contribution in [-0.4, -0.2) is 24.1 Å². The lowest BCUT2D eigenvalue weighted by molar-refractivity contribution is 0.251. The SMILES string of the molecule is Cc1cccc(NC(=O)NCc2cccnc2N2CCCCC2)c1C. The highest BCUT2D eigenvalue weighted by atomic mass is 16.2. The number of nitrogens with one attached hydrogen (secondary N) is 2. The molecule has 0 aliphatic carbocycles. The second-order valence-corrected chi connectivity index (χ2v) is 6.59. The number of aromatic nitrogens is 1. The number of aryl methyl sites for hydroxylation is 1. The monoisotopic (exact) mass is 338 g/mol. The van der Waals surface area contributed by atoms with Crippen molar-refractivity contribution in [2.45, 2.75) is 39.7 Å². The summed E-state index contributed by atoms with van der Waals surface area (Å²) in [6, 6.07) is 9.68. The molecule has 5 nitrogen and oxygen atoms in total. The van der Waals surface area contributed by atoms with Crippen LogP contribution in [0.2, 0.25) is 0 Å². The molecule has 1 fully saturated rings. The van der Waals surface area contributed by atoms with Crippen LogP contribution in [0.25, 0.3) is 0 Å². The van der Waals surface area contributed by atoms with Gasteiger partial charge < -0.3 is 15.5 Å². The van der Waals surface area contributed by atoms with Crippen LogP contribution in [0.15, 0.2) is 36.5 Å². The third kappa shape index (κ3) is 4.29. The Morgan fingerprint density at radius 1 is 1.12 bits per heavy atom. The predicted molar refractivity (Wildman–Crippen MR) is 102 cm³/mol. The third-order valence-electron chi connectivity index (χ3n) is 4.82. The number of hydrogen-bond acceptors (Lipinski definition) is 3. The maximum absolute atomic E-state index is 12.3. The average molecular weight is 338 g/mol. The molecule has 0 spiro atoms. The first-order chi connectivity index (χ1) is 12.1. The summed E-state index contributed by atoms with van der Waals surface area (Å²) >= 11 is 0. The number of piperidine rings is 1. The van der Waals surface area contributed by atoms with Crippen LogP contribution in [0.4, 0.5) is 16.3 Å². The van der Waals surface area contributed by atoms with E-state index in [9.17, 15) is 4.79 Å². The summed E-state index contributed by atoms with van der Waals surface area (Å²) < 4.78 is 0. The van der Waals surface area contributed by atoms with Crippen molar-refractivity contribution in [2.75, 3.05) is 23.3 Å². The number of rotatable bonds is 4. The largest absolute Gasteiger partial charge is 0.356 e. The molecule has 5 heteroatoms. The predicted octanol–water partition coefficient (Wildman–Crippen LogP) is 4.01. The number of nitrogens with zero attached hydrogens (tertiary/aromatic N) is 2. The fraction of sp³-hybridized carbons (Fsp3) is 0.400. The van der Waals surface area contributed by atoms with Crippen LogP contribution in [0.5, 0.6) is 0 Å². The molecule has 25 heavy (non-hydrogen) atoms. The molecule has 0 atom stereocenters. The Labute approximate surface area is 149 Å². The molecular formula is C20H26N4O. The number of pyridine rings is 1. The first-order valence-electron chi connectivity index (χ1n) is 8.95. The fourth-order valence-corrected chi connectivity index (χ4v) is 3.19. The number of carbonyl (C=O) groups excluding carboxylic acids is 1. The Hall–Kier alpha value is -2.56. The van der Waals surface area contributed by atoms with E-state index >= 15 is 0 Å². The van der Waals surface area contributed by atoms with E-state index in [1.807, 2.05) is 50.4 Å². The molecular weight excluding hydrogens is 312 g/mol. The van der Waals surface area contributed by atoms with E-state index < -0.39 is 0 Å². The zero-order valence-electron chi connectivity index (χ0n) is 15.0. The highest BCUT2D eigenvalue weighted by Gasteiger charge is 2.16. The number of urea groups is 1. The van der Waals surface area contributed by atoms with Crippen LogP contribution in [0.1, 0.15) is 36.0 Å². The first kappa shape index (κ1) is 17.3. The summed E-state index contributed by atoms with van der Waals surface area (Å²) in [6.45, 7) is 6.60. The van der Waals surface area contributed by atoms with E-state index in [0.29, 0.717) is 6.54 Å². The van der Waals surface area contributed by atoms with Crippen molar-refractivity contribution in [1.82, 2.24) is 10.3 Å². The van der Waals surface area contributed by atoms with Gasteiger partial charge in [0.05, 0.1) is 0 Å². The van der Waals surface area contributed by atoms with Crippen molar-refractivity contribution in [3.05, 3.63) is 53.2 Å². The quantitative estimate of drug-likeness (QED) is 0.885. The lowest BCUT2D eigenvalue weighted by Crippen LogP contribution is -2.33. The van der Waals surface area contributed by atoms with E-state index in [2.05, 4.69) is 20.5 Å². The smallest absolute Gasteiger partial charge is 0.319 e. The minimum atomic E-state index is -0.192. The van der Waals surface area contributed by atoms with Gasteiger partial charge in [0.2, 0.25) is 0 Å². The molecule has 2 aromatic rings. The Bertz CT molecular complexity index is 738. The molecule has 1 aromatic heterocycles. The number of hydrogen-bond donors (Lipinski definition) is 2. The van der Waals surface area contributed by atoms with E-state index in [1.165, 1.54) is 19.3 Å². The normalized spacial score (nSPS) is 14.2. The minimum absolute atomic E-state index is 0.192. The molecule has 2 N–H and O–H groups in total. The molecule has 0 radical (unpaired) electrons. The molecule has 1 saturated heterocycles. The van der Waals surface area contributed by atoms with E-state index in [1.54, 1.807) is 0 Å². The molecule has 1 aliphatic rings.